The number of rotatable bonds is 3. The fraction of sp³-hybridized carbons (Fsp3) is 0.238. The zero-order chi connectivity index (χ0) is 19.7. The minimum Gasteiger partial charge on any atom is -0.369 e. The van der Waals surface area contributed by atoms with E-state index in [0.717, 1.165) is 41.2 Å². The predicted octanol–water partition coefficient (Wildman–Crippen LogP) is 4.00. The number of thioether (sulfide) groups is 1. The Morgan fingerprint density at radius 2 is 1.86 bits per heavy atom. The van der Waals surface area contributed by atoms with Crippen LogP contribution in [0.5, 0.6) is 0 Å². The summed E-state index contributed by atoms with van der Waals surface area (Å²) in [7, 11) is 1.70. The molecule has 0 radical (unpaired) electrons. The lowest BCUT2D eigenvalue weighted by atomic mass is 10.1. The van der Waals surface area contributed by atoms with Crippen LogP contribution in [0.2, 0.25) is 5.02 Å². The van der Waals surface area contributed by atoms with Crippen LogP contribution in [0.4, 0.5) is 11.4 Å². The highest BCUT2D eigenvalue weighted by Crippen LogP contribution is 2.31. The van der Waals surface area contributed by atoms with E-state index in [4.69, 9.17) is 11.6 Å². The topological polar surface area (TPSA) is 54.3 Å². The van der Waals surface area contributed by atoms with E-state index in [-0.39, 0.29) is 11.5 Å². The van der Waals surface area contributed by atoms with Gasteiger partial charge in [0.15, 0.2) is 0 Å². The summed E-state index contributed by atoms with van der Waals surface area (Å²) < 4.78 is 1.54. The molecule has 2 aromatic carbocycles. The summed E-state index contributed by atoms with van der Waals surface area (Å²) in [6, 6.07) is 14.3. The molecule has 1 N–H and O–H groups in total. The number of carbonyl (C=O) groups is 1. The van der Waals surface area contributed by atoms with Crippen LogP contribution in [0.1, 0.15) is 10.4 Å². The highest BCUT2D eigenvalue weighted by molar-refractivity contribution is 7.99. The van der Waals surface area contributed by atoms with Gasteiger partial charge in [-0.2, -0.15) is 11.8 Å². The number of nitrogens with one attached hydrogen (secondary N) is 1. The van der Waals surface area contributed by atoms with Crippen molar-refractivity contribution in [1.29, 1.82) is 0 Å². The first-order valence-corrected chi connectivity index (χ1v) is 10.6. The molecule has 0 bridgehead atoms. The Kier molecular flexibility index (Phi) is 5.33. The lowest BCUT2D eigenvalue weighted by Crippen LogP contribution is -2.32. The molecule has 7 heteroatoms. The first kappa shape index (κ1) is 18.9. The molecule has 1 fully saturated rings. The third-order valence-electron chi connectivity index (χ3n) is 4.96. The summed E-state index contributed by atoms with van der Waals surface area (Å²) in [5.74, 6) is 1.85. The second-order valence-corrected chi connectivity index (χ2v) is 8.32. The third kappa shape index (κ3) is 3.62. The number of halogens is 1. The van der Waals surface area contributed by atoms with Gasteiger partial charge in [0, 0.05) is 48.8 Å². The second kappa shape index (κ2) is 7.89. The van der Waals surface area contributed by atoms with Crippen molar-refractivity contribution in [2.75, 3.05) is 34.8 Å². The quantitative estimate of drug-likeness (QED) is 0.705. The van der Waals surface area contributed by atoms with Crippen molar-refractivity contribution in [2.45, 2.75) is 0 Å². The molecule has 1 saturated heterocycles. The van der Waals surface area contributed by atoms with Crippen LogP contribution in [0, 0.1) is 0 Å². The van der Waals surface area contributed by atoms with Gasteiger partial charge in [-0.1, -0.05) is 29.8 Å². The molecular weight excluding hydrogens is 394 g/mol. The number of hydrogen-bond acceptors (Lipinski definition) is 4. The average molecular weight is 414 g/mol. The molecule has 2 heterocycles. The van der Waals surface area contributed by atoms with Crippen molar-refractivity contribution in [1.82, 2.24) is 4.57 Å². The van der Waals surface area contributed by atoms with E-state index in [1.54, 1.807) is 13.1 Å². The lowest BCUT2D eigenvalue weighted by Gasteiger charge is -2.29. The number of anilines is 2. The van der Waals surface area contributed by atoms with Gasteiger partial charge in [-0.15, -0.1) is 0 Å². The fourth-order valence-corrected chi connectivity index (χ4v) is 4.65. The van der Waals surface area contributed by atoms with Gasteiger partial charge in [0.25, 0.3) is 11.5 Å². The number of hydrogen-bond donors (Lipinski definition) is 1. The molecule has 28 heavy (non-hydrogen) atoms. The number of aromatic nitrogens is 1. The van der Waals surface area contributed by atoms with Gasteiger partial charge in [-0.3, -0.25) is 9.59 Å². The van der Waals surface area contributed by atoms with Gasteiger partial charge in [0.1, 0.15) is 0 Å². The largest absolute Gasteiger partial charge is 0.369 e. The first-order valence-electron chi connectivity index (χ1n) is 9.07. The van der Waals surface area contributed by atoms with Crippen LogP contribution in [-0.2, 0) is 7.05 Å². The standard InChI is InChI=1S/C21H20ClN3O2S/c1-24-18-5-3-2-4-15(18)16(13-20(24)26)21(27)23-14-6-7-19(17(22)12-14)25-8-10-28-11-9-25/h2-7,12-13H,8-11H2,1H3,(H,23,27). The summed E-state index contributed by atoms with van der Waals surface area (Å²) in [5, 5.41) is 4.22. The van der Waals surface area contributed by atoms with Crippen LogP contribution in [0.15, 0.2) is 53.3 Å². The Balaban J connectivity index is 1.62. The van der Waals surface area contributed by atoms with Gasteiger partial charge < -0.3 is 14.8 Å². The van der Waals surface area contributed by atoms with Gasteiger partial charge >= 0.3 is 0 Å². The van der Waals surface area contributed by atoms with Crippen molar-refractivity contribution < 1.29 is 4.79 Å². The van der Waals surface area contributed by atoms with Crippen molar-refractivity contribution in [2.24, 2.45) is 7.05 Å². The summed E-state index contributed by atoms with van der Waals surface area (Å²) >= 11 is 8.42. The number of para-hydroxylation sites is 1. The molecule has 0 aliphatic carbocycles. The summed E-state index contributed by atoms with van der Waals surface area (Å²) in [4.78, 5) is 27.4. The number of aryl methyl sites for hydroxylation is 1. The molecular formula is C21H20ClN3O2S. The van der Waals surface area contributed by atoms with E-state index in [9.17, 15) is 9.59 Å². The van der Waals surface area contributed by atoms with Crippen molar-refractivity contribution >= 4 is 51.5 Å². The molecule has 0 atom stereocenters. The van der Waals surface area contributed by atoms with E-state index in [1.165, 1.54) is 10.6 Å². The molecule has 1 aliphatic heterocycles. The smallest absolute Gasteiger partial charge is 0.256 e. The van der Waals surface area contributed by atoms with E-state index in [1.807, 2.05) is 48.2 Å². The van der Waals surface area contributed by atoms with Gasteiger partial charge in [0.05, 0.1) is 21.8 Å². The average Bonchev–Trinajstić information content (AvgIpc) is 2.71. The van der Waals surface area contributed by atoms with E-state index in [0.29, 0.717) is 16.3 Å². The predicted molar refractivity (Wildman–Crippen MR) is 118 cm³/mol. The van der Waals surface area contributed by atoms with Crippen LogP contribution >= 0.6 is 23.4 Å². The molecule has 3 aromatic rings. The highest BCUT2D eigenvalue weighted by Gasteiger charge is 2.17. The fourth-order valence-electron chi connectivity index (χ4n) is 3.44. The van der Waals surface area contributed by atoms with E-state index < -0.39 is 0 Å². The normalized spacial score (nSPS) is 14.3. The Morgan fingerprint density at radius 3 is 2.61 bits per heavy atom. The molecule has 1 amide bonds. The van der Waals surface area contributed by atoms with Gasteiger partial charge in [-0.05, 0) is 24.3 Å². The number of pyridine rings is 1. The SMILES string of the molecule is Cn1c(=O)cc(C(=O)Nc2ccc(N3CCSCC3)c(Cl)c2)c2ccccc21. The minimum atomic E-state index is -0.327. The van der Waals surface area contributed by atoms with Crippen molar-refractivity contribution in [3.8, 4) is 0 Å². The summed E-state index contributed by atoms with van der Waals surface area (Å²) in [6.45, 7) is 1.94. The van der Waals surface area contributed by atoms with Crippen LogP contribution in [0.3, 0.4) is 0 Å². The lowest BCUT2D eigenvalue weighted by molar-refractivity contribution is 0.102. The minimum absolute atomic E-state index is 0.222. The maximum atomic E-state index is 12.9. The van der Waals surface area contributed by atoms with Crippen molar-refractivity contribution in [3.63, 3.8) is 0 Å². The molecule has 1 aliphatic rings. The number of nitrogens with zero attached hydrogens (tertiary/aromatic N) is 2. The van der Waals surface area contributed by atoms with Gasteiger partial charge in [0.2, 0.25) is 0 Å². The van der Waals surface area contributed by atoms with Crippen LogP contribution in [0.25, 0.3) is 10.9 Å². The molecule has 4 rings (SSSR count). The Labute approximate surface area is 172 Å². The maximum absolute atomic E-state index is 12.9. The Bertz CT molecular complexity index is 1110. The Hall–Kier alpha value is -2.44. The van der Waals surface area contributed by atoms with Crippen molar-refractivity contribution in [3.05, 3.63) is 69.5 Å². The van der Waals surface area contributed by atoms with Crippen LogP contribution in [-0.4, -0.2) is 35.1 Å². The van der Waals surface area contributed by atoms with Gasteiger partial charge in [-0.25, -0.2) is 0 Å². The zero-order valence-corrected chi connectivity index (χ0v) is 17.0. The number of fused-ring (bicyclic) bond motifs is 1. The van der Waals surface area contributed by atoms with E-state index in [2.05, 4.69) is 10.2 Å². The molecule has 0 spiro atoms. The summed E-state index contributed by atoms with van der Waals surface area (Å²) in [5.41, 5.74) is 2.44. The Morgan fingerprint density at radius 1 is 1.11 bits per heavy atom. The second-order valence-electron chi connectivity index (χ2n) is 6.69. The van der Waals surface area contributed by atoms with E-state index >= 15 is 0 Å². The number of amides is 1. The number of benzene rings is 2. The molecule has 0 unspecified atom stereocenters. The first-order chi connectivity index (χ1) is 13.5. The molecule has 0 saturated carbocycles. The highest BCUT2D eigenvalue weighted by atomic mass is 35.5. The maximum Gasteiger partial charge on any atom is 0.256 e. The molecule has 1 aromatic heterocycles. The number of carbonyl (C=O) groups excluding carboxylic acids is 1. The monoisotopic (exact) mass is 413 g/mol. The summed E-state index contributed by atoms with van der Waals surface area (Å²) in [6.07, 6.45) is 0. The third-order valence-corrected chi connectivity index (χ3v) is 6.20. The molecule has 5 nitrogen and oxygen atoms in total. The zero-order valence-electron chi connectivity index (χ0n) is 15.4. The molecule has 144 valence electrons. The van der Waals surface area contributed by atoms with Crippen LogP contribution < -0.4 is 15.8 Å².